The Labute approximate surface area is 172 Å². The second-order valence-corrected chi connectivity index (χ2v) is 7.69. The van der Waals surface area contributed by atoms with Gasteiger partial charge in [0.05, 0.1) is 12.0 Å². The molecule has 1 amide bonds. The third kappa shape index (κ3) is 3.67. The van der Waals surface area contributed by atoms with Crippen LogP contribution in [0.2, 0.25) is 0 Å². The summed E-state index contributed by atoms with van der Waals surface area (Å²) in [5.41, 5.74) is 0.521. The molecule has 3 aromatic heterocycles. The van der Waals surface area contributed by atoms with E-state index in [1.165, 1.54) is 22.5 Å². The van der Waals surface area contributed by atoms with Crippen LogP contribution in [0.3, 0.4) is 0 Å². The Balaban J connectivity index is 1.47. The zero-order valence-corrected chi connectivity index (χ0v) is 17.4. The van der Waals surface area contributed by atoms with E-state index >= 15 is 0 Å². The molecule has 11 heteroatoms. The smallest absolute Gasteiger partial charge is 0.332 e. The lowest BCUT2D eigenvalue weighted by atomic mass is 10.3. The number of aryl methyl sites for hydroxylation is 2. The summed E-state index contributed by atoms with van der Waals surface area (Å²) < 4.78 is 8.99. The summed E-state index contributed by atoms with van der Waals surface area (Å²) in [4.78, 5) is 45.8. The van der Waals surface area contributed by atoms with Crippen LogP contribution < -0.4 is 11.2 Å². The van der Waals surface area contributed by atoms with Crippen molar-refractivity contribution in [1.29, 1.82) is 0 Å². The topological polar surface area (TPSA) is 111 Å². The van der Waals surface area contributed by atoms with Gasteiger partial charge in [-0.1, -0.05) is 5.16 Å². The van der Waals surface area contributed by atoms with Crippen LogP contribution in [0.4, 0.5) is 0 Å². The van der Waals surface area contributed by atoms with E-state index in [0.717, 1.165) is 35.5 Å². The number of carbonyl (C=O) groups is 1. The molecule has 0 aliphatic carbocycles. The van der Waals surface area contributed by atoms with Crippen LogP contribution in [-0.2, 0) is 32.0 Å². The summed E-state index contributed by atoms with van der Waals surface area (Å²) in [6.07, 6.45) is 2.30. The van der Waals surface area contributed by atoms with Gasteiger partial charge in [0, 0.05) is 52.9 Å². The van der Waals surface area contributed by atoms with Gasteiger partial charge in [0.15, 0.2) is 11.2 Å². The molecule has 0 radical (unpaired) electrons. The summed E-state index contributed by atoms with van der Waals surface area (Å²) in [6, 6.07) is 1.92. The molecule has 11 nitrogen and oxygen atoms in total. The van der Waals surface area contributed by atoms with Gasteiger partial charge in [0.25, 0.3) is 5.56 Å². The molecule has 0 bridgehead atoms. The monoisotopic (exact) mass is 415 g/mol. The minimum atomic E-state index is -0.455. The molecular weight excluding hydrogens is 390 g/mol. The zero-order chi connectivity index (χ0) is 21.4. The zero-order valence-electron chi connectivity index (χ0n) is 17.4. The molecule has 0 atom stereocenters. The molecule has 0 saturated carbocycles. The van der Waals surface area contributed by atoms with Crippen molar-refractivity contribution in [2.45, 2.75) is 26.4 Å². The van der Waals surface area contributed by atoms with Crippen molar-refractivity contribution >= 4 is 17.1 Å². The van der Waals surface area contributed by atoms with Crippen LogP contribution in [-0.4, -0.2) is 65.7 Å². The van der Waals surface area contributed by atoms with E-state index in [4.69, 9.17) is 4.52 Å². The number of aromatic nitrogens is 5. The Morgan fingerprint density at radius 1 is 1.13 bits per heavy atom. The molecule has 0 spiro atoms. The summed E-state index contributed by atoms with van der Waals surface area (Å²) >= 11 is 0. The van der Waals surface area contributed by atoms with Crippen LogP contribution >= 0.6 is 0 Å². The van der Waals surface area contributed by atoms with Gasteiger partial charge in [-0.3, -0.25) is 23.6 Å². The van der Waals surface area contributed by atoms with Gasteiger partial charge in [-0.25, -0.2) is 9.78 Å². The lowest BCUT2D eigenvalue weighted by Gasteiger charge is -2.21. The molecule has 1 fully saturated rings. The number of amides is 1. The number of carbonyl (C=O) groups excluding carboxylic acids is 1. The van der Waals surface area contributed by atoms with Crippen molar-refractivity contribution in [3.05, 3.63) is 44.7 Å². The predicted octanol–water partition coefficient (Wildman–Crippen LogP) is -0.535. The van der Waals surface area contributed by atoms with Gasteiger partial charge in [-0.15, -0.1) is 0 Å². The summed E-state index contributed by atoms with van der Waals surface area (Å²) in [5, 5.41) is 4.04. The Bertz CT molecular complexity index is 1200. The van der Waals surface area contributed by atoms with E-state index in [9.17, 15) is 14.4 Å². The number of imidazole rings is 1. The SMILES string of the molecule is Cc1cc(CN2CCCN(C(=O)Cn3cnc4c3c(=O)n(C)c(=O)n4C)CC2)no1. The first-order valence-corrected chi connectivity index (χ1v) is 9.88. The summed E-state index contributed by atoms with van der Waals surface area (Å²) in [5.74, 6) is 0.706. The van der Waals surface area contributed by atoms with Crippen molar-refractivity contribution < 1.29 is 9.32 Å². The molecule has 30 heavy (non-hydrogen) atoms. The van der Waals surface area contributed by atoms with Crippen LogP contribution in [0.1, 0.15) is 17.9 Å². The first-order chi connectivity index (χ1) is 14.3. The Morgan fingerprint density at radius 2 is 1.93 bits per heavy atom. The van der Waals surface area contributed by atoms with Gasteiger partial charge in [-0.05, 0) is 13.3 Å². The minimum Gasteiger partial charge on any atom is -0.361 e. The lowest BCUT2D eigenvalue weighted by Crippen LogP contribution is -2.39. The highest BCUT2D eigenvalue weighted by Gasteiger charge is 2.22. The number of rotatable bonds is 4. The molecule has 1 aliphatic heterocycles. The average Bonchev–Trinajstić information content (AvgIpc) is 3.24. The number of hydrogen-bond donors (Lipinski definition) is 0. The van der Waals surface area contributed by atoms with Gasteiger partial charge >= 0.3 is 5.69 Å². The normalized spacial score (nSPS) is 15.6. The molecule has 4 rings (SSSR count). The number of nitrogens with zero attached hydrogens (tertiary/aromatic N) is 7. The third-order valence-corrected chi connectivity index (χ3v) is 5.53. The van der Waals surface area contributed by atoms with E-state index in [1.54, 1.807) is 7.05 Å². The van der Waals surface area contributed by atoms with E-state index in [2.05, 4.69) is 15.0 Å². The molecule has 0 unspecified atom stereocenters. The third-order valence-electron chi connectivity index (χ3n) is 5.53. The molecule has 4 heterocycles. The maximum Gasteiger partial charge on any atom is 0.332 e. The minimum absolute atomic E-state index is 0.00637. The van der Waals surface area contributed by atoms with Gasteiger partial charge in [0.1, 0.15) is 12.3 Å². The fourth-order valence-corrected chi connectivity index (χ4v) is 3.86. The molecule has 0 N–H and O–H groups in total. The van der Waals surface area contributed by atoms with E-state index in [0.29, 0.717) is 19.6 Å². The standard InChI is InChI=1S/C19H25N7O4/c1-13-9-14(21-30-13)10-24-5-4-6-25(8-7-24)15(27)11-26-12-20-17-16(26)18(28)23(3)19(29)22(17)2/h9,12H,4-8,10-11H2,1-3H3. The van der Waals surface area contributed by atoms with Crippen molar-refractivity contribution in [1.82, 2.24) is 33.6 Å². The fourth-order valence-electron chi connectivity index (χ4n) is 3.86. The molecule has 160 valence electrons. The lowest BCUT2D eigenvalue weighted by molar-refractivity contribution is -0.131. The van der Waals surface area contributed by atoms with Crippen LogP contribution in [0.5, 0.6) is 0 Å². The van der Waals surface area contributed by atoms with Crippen molar-refractivity contribution in [3.8, 4) is 0 Å². The predicted molar refractivity (Wildman–Crippen MR) is 108 cm³/mol. The highest BCUT2D eigenvalue weighted by Crippen LogP contribution is 2.11. The maximum absolute atomic E-state index is 12.9. The fraction of sp³-hybridized carbons (Fsp3) is 0.526. The van der Waals surface area contributed by atoms with Crippen LogP contribution in [0.25, 0.3) is 11.2 Å². The average molecular weight is 415 g/mol. The van der Waals surface area contributed by atoms with E-state index in [1.807, 2.05) is 17.9 Å². The van der Waals surface area contributed by atoms with Crippen molar-refractivity contribution in [2.75, 3.05) is 26.2 Å². The quantitative estimate of drug-likeness (QED) is 0.563. The summed E-state index contributed by atoms with van der Waals surface area (Å²) in [6.45, 7) is 5.41. The Morgan fingerprint density at radius 3 is 2.67 bits per heavy atom. The number of fused-ring (bicyclic) bond motifs is 1. The molecule has 1 saturated heterocycles. The highest BCUT2D eigenvalue weighted by molar-refractivity contribution is 5.79. The van der Waals surface area contributed by atoms with Gasteiger partial charge in [-0.2, -0.15) is 0 Å². The summed E-state index contributed by atoms with van der Waals surface area (Å²) in [7, 11) is 2.98. The van der Waals surface area contributed by atoms with E-state index in [-0.39, 0.29) is 23.6 Å². The maximum atomic E-state index is 12.9. The second kappa shape index (κ2) is 7.90. The van der Waals surface area contributed by atoms with Crippen LogP contribution in [0.15, 0.2) is 26.5 Å². The largest absolute Gasteiger partial charge is 0.361 e. The van der Waals surface area contributed by atoms with Crippen molar-refractivity contribution in [3.63, 3.8) is 0 Å². The molecule has 1 aliphatic rings. The first-order valence-electron chi connectivity index (χ1n) is 9.88. The van der Waals surface area contributed by atoms with Crippen LogP contribution in [0, 0.1) is 6.92 Å². The van der Waals surface area contributed by atoms with Gasteiger partial charge < -0.3 is 14.0 Å². The number of hydrogen-bond acceptors (Lipinski definition) is 7. The van der Waals surface area contributed by atoms with Gasteiger partial charge in [0.2, 0.25) is 5.91 Å². The Hall–Kier alpha value is -3.21. The highest BCUT2D eigenvalue weighted by atomic mass is 16.5. The van der Waals surface area contributed by atoms with E-state index < -0.39 is 11.2 Å². The Kier molecular flexibility index (Phi) is 5.29. The molecule has 0 aromatic carbocycles. The second-order valence-electron chi connectivity index (χ2n) is 7.69. The molecule has 3 aromatic rings. The molecular formula is C19H25N7O4. The first kappa shape index (κ1) is 20.1. The van der Waals surface area contributed by atoms with Crippen molar-refractivity contribution in [2.24, 2.45) is 14.1 Å².